The van der Waals surface area contributed by atoms with E-state index in [4.69, 9.17) is 0 Å². The summed E-state index contributed by atoms with van der Waals surface area (Å²) in [6, 6.07) is 16.3. The summed E-state index contributed by atoms with van der Waals surface area (Å²) in [5.41, 5.74) is 5.99. The predicted octanol–water partition coefficient (Wildman–Crippen LogP) is 8.28. The molecule has 0 radical (unpaired) electrons. The van der Waals surface area contributed by atoms with Gasteiger partial charge < -0.3 is 0 Å². The van der Waals surface area contributed by atoms with Crippen LogP contribution < -0.4 is 5.53 Å². The monoisotopic (exact) mass is 419 g/mol. The molecule has 31 heavy (non-hydrogen) atoms. The Labute approximate surface area is 185 Å². The number of hydrogen-bond donors (Lipinski definition) is 1. The van der Waals surface area contributed by atoms with Crippen molar-refractivity contribution in [2.45, 2.75) is 52.4 Å². The van der Waals surface area contributed by atoms with E-state index in [1.54, 1.807) is 0 Å². The molecule has 1 aliphatic rings. The zero-order valence-corrected chi connectivity index (χ0v) is 18.6. The van der Waals surface area contributed by atoms with Crippen LogP contribution in [0.1, 0.15) is 63.5 Å². The number of nitrogens with one attached hydrogen (secondary N) is 1. The number of unbranched alkanes of at least 4 members (excludes halogenated alkanes) is 4. The number of hydrogen-bond acceptors (Lipinski definition) is 7. The lowest BCUT2D eigenvalue weighted by molar-refractivity contribution is 0.711. The van der Waals surface area contributed by atoms with E-state index >= 15 is 0 Å². The van der Waals surface area contributed by atoms with Crippen LogP contribution in [0.4, 0.5) is 11.4 Å². The smallest absolute Gasteiger partial charge is 0.120 e. The normalized spacial score (nSPS) is 12.3. The number of nitrogens with zero attached hydrogens (tertiary/aromatic N) is 6. The minimum Gasteiger partial charge on any atom is -0.189 e. The van der Waals surface area contributed by atoms with Crippen LogP contribution in [0.15, 0.2) is 79.4 Å². The second kappa shape index (κ2) is 15.6. The highest BCUT2D eigenvalue weighted by Crippen LogP contribution is 2.34. The Balaban J connectivity index is 0.00000104. The molecule has 0 spiro atoms. The van der Waals surface area contributed by atoms with Crippen molar-refractivity contribution in [3.05, 3.63) is 59.7 Å². The second-order valence-corrected chi connectivity index (χ2v) is 7.10. The van der Waals surface area contributed by atoms with Crippen molar-refractivity contribution in [1.82, 2.24) is 5.53 Å². The van der Waals surface area contributed by atoms with E-state index in [0.717, 1.165) is 48.4 Å². The van der Waals surface area contributed by atoms with Gasteiger partial charge in [-0.3, -0.25) is 0 Å². The van der Waals surface area contributed by atoms with Gasteiger partial charge in [0.15, 0.2) is 0 Å². The summed E-state index contributed by atoms with van der Waals surface area (Å²) in [6.45, 7) is 5.89. The first-order chi connectivity index (χ1) is 15.3. The molecule has 7 heteroatoms. The van der Waals surface area contributed by atoms with E-state index < -0.39 is 0 Å². The maximum absolute atomic E-state index is 4.53. The lowest BCUT2D eigenvalue weighted by Crippen LogP contribution is -1.81. The molecular weight excluding hydrogens is 386 g/mol. The molecule has 7 nitrogen and oxygen atoms in total. The minimum atomic E-state index is 0.748. The van der Waals surface area contributed by atoms with Gasteiger partial charge in [0.1, 0.15) is 11.4 Å². The molecule has 3 rings (SSSR count). The SMILES string of the molecule is CCCCCN=Nc1cccc(C=Cc2ccccc2)c1N=NCCCCC.N1=NN1. The van der Waals surface area contributed by atoms with Crippen LogP contribution in [0.2, 0.25) is 0 Å². The van der Waals surface area contributed by atoms with Crippen LogP contribution >= 0.6 is 0 Å². The zero-order valence-electron chi connectivity index (χ0n) is 18.6. The molecule has 0 saturated heterocycles. The van der Waals surface area contributed by atoms with Gasteiger partial charge in [-0.1, -0.05) is 94.1 Å². The molecule has 2 aromatic carbocycles. The van der Waals surface area contributed by atoms with E-state index in [-0.39, 0.29) is 0 Å². The third-order valence-electron chi connectivity index (χ3n) is 4.47. The molecule has 0 unspecified atom stereocenters. The summed E-state index contributed by atoms with van der Waals surface area (Å²) in [5.74, 6) is 0. The summed E-state index contributed by atoms with van der Waals surface area (Å²) in [7, 11) is 0. The number of benzene rings is 2. The van der Waals surface area contributed by atoms with Crippen molar-refractivity contribution < 1.29 is 0 Å². The summed E-state index contributed by atoms with van der Waals surface area (Å²) < 4.78 is 0. The Kier molecular flexibility index (Phi) is 12.1. The Bertz CT molecular complexity index is 853. The fourth-order valence-corrected chi connectivity index (χ4v) is 2.73. The average Bonchev–Trinajstić information content (AvgIpc) is 3.69. The van der Waals surface area contributed by atoms with Crippen molar-refractivity contribution in [2.75, 3.05) is 13.1 Å². The molecule has 0 bridgehead atoms. The van der Waals surface area contributed by atoms with Crippen LogP contribution in [-0.2, 0) is 0 Å². The highest BCUT2D eigenvalue weighted by molar-refractivity contribution is 5.80. The van der Waals surface area contributed by atoms with E-state index in [2.05, 4.69) is 80.6 Å². The van der Waals surface area contributed by atoms with Crippen molar-refractivity contribution in [1.29, 1.82) is 0 Å². The van der Waals surface area contributed by atoms with E-state index in [1.165, 1.54) is 25.7 Å². The van der Waals surface area contributed by atoms with Gasteiger partial charge in [0, 0.05) is 5.56 Å². The van der Waals surface area contributed by atoms with Crippen molar-refractivity contribution in [2.24, 2.45) is 30.9 Å². The first kappa shape index (κ1) is 24.1. The van der Waals surface area contributed by atoms with E-state index in [0.29, 0.717) is 0 Å². The molecule has 0 atom stereocenters. The van der Waals surface area contributed by atoms with Crippen LogP contribution in [0, 0.1) is 0 Å². The van der Waals surface area contributed by atoms with E-state index in [1.807, 2.05) is 30.3 Å². The maximum atomic E-state index is 4.53. The fourth-order valence-electron chi connectivity index (χ4n) is 2.73. The minimum absolute atomic E-state index is 0.748. The fraction of sp³-hybridized carbons (Fsp3) is 0.417. The molecule has 0 saturated carbocycles. The van der Waals surface area contributed by atoms with Gasteiger partial charge in [-0.2, -0.15) is 26.0 Å². The van der Waals surface area contributed by atoms with Gasteiger partial charge >= 0.3 is 0 Å². The van der Waals surface area contributed by atoms with Gasteiger partial charge in [0.25, 0.3) is 0 Å². The molecule has 0 aliphatic carbocycles. The summed E-state index contributed by atoms with van der Waals surface area (Å²) in [5, 5.41) is 24.0. The predicted molar refractivity (Wildman–Crippen MR) is 128 cm³/mol. The first-order valence-electron chi connectivity index (χ1n) is 11.1. The van der Waals surface area contributed by atoms with Crippen molar-refractivity contribution in [3.8, 4) is 0 Å². The molecule has 2 aromatic rings. The van der Waals surface area contributed by atoms with Gasteiger partial charge in [-0.05, 0) is 34.9 Å². The van der Waals surface area contributed by atoms with Crippen LogP contribution in [0.25, 0.3) is 12.2 Å². The largest absolute Gasteiger partial charge is 0.189 e. The molecule has 1 aliphatic heterocycles. The average molecular weight is 420 g/mol. The van der Waals surface area contributed by atoms with Crippen molar-refractivity contribution in [3.63, 3.8) is 0 Å². The van der Waals surface area contributed by atoms with Crippen LogP contribution in [0.3, 0.4) is 0 Å². The number of rotatable bonds is 12. The third kappa shape index (κ3) is 10.9. The van der Waals surface area contributed by atoms with Gasteiger partial charge in [0.2, 0.25) is 0 Å². The highest BCUT2D eigenvalue weighted by atomic mass is 15.8. The first-order valence-corrected chi connectivity index (χ1v) is 11.1. The van der Waals surface area contributed by atoms with Gasteiger partial charge in [-0.15, -0.1) is 0 Å². The lowest BCUT2D eigenvalue weighted by Gasteiger charge is -2.04. The third-order valence-corrected chi connectivity index (χ3v) is 4.47. The lowest BCUT2D eigenvalue weighted by atomic mass is 10.1. The molecule has 1 heterocycles. The van der Waals surface area contributed by atoms with E-state index in [9.17, 15) is 0 Å². The van der Waals surface area contributed by atoms with Gasteiger partial charge in [0.05, 0.1) is 13.1 Å². The Morgan fingerprint density at radius 2 is 1.39 bits per heavy atom. The zero-order chi connectivity index (χ0) is 22.0. The molecule has 164 valence electrons. The Morgan fingerprint density at radius 3 is 2.00 bits per heavy atom. The quantitative estimate of drug-likeness (QED) is 0.209. The topological polar surface area (TPSA) is 96.1 Å². The Hall–Kier alpha value is -3.22. The molecule has 1 N–H and O–H groups in total. The summed E-state index contributed by atoms with van der Waals surface area (Å²) in [6.07, 6.45) is 11.0. The van der Waals surface area contributed by atoms with Gasteiger partial charge in [-0.25, -0.2) is 0 Å². The summed E-state index contributed by atoms with van der Waals surface area (Å²) in [4.78, 5) is 0. The summed E-state index contributed by atoms with van der Waals surface area (Å²) >= 11 is 0. The highest BCUT2D eigenvalue weighted by Gasteiger charge is 2.06. The number of azo groups is 2. The maximum Gasteiger partial charge on any atom is 0.120 e. The van der Waals surface area contributed by atoms with Crippen LogP contribution in [-0.4, -0.2) is 13.1 Å². The standard InChI is InChI=1S/C24H32N4.HN3/c1-3-5-10-19-25-27-23-16-12-15-22(18-17-21-13-8-7-9-14-21)24(23)28-26-20-11-6-4-2;1-2-3-1/h7-9,12-18H,3-6,10-11,19-20H2,1-2H3;(H,1,2,3). The Morgan fingerprint density at radius 1 is 0.742 bits per heavy atom. The molecular formula is C24H33N7. The molecule has 0 fully saturated rings. The second-order valence-electron chi connectivity index (χ2n) is 7.10. The van der Waals surface area contributed by atoms with Crippen molar-refractivity contribution >= 4 is 23.5 Å². The molecule has 0 aromatic heterocycles. The van der Waals surface area contributed by atoms with Crippen LogP contribution in [0.5, 0.6) is 0 Å². The molecule has 0 amide bonds.